The summed E-state index contributed by atoms with van der Waals surface area (Å²) in [7, 11) is 0. The highest BCUT2D eigenvalue weighted by Crippen LogP contribution is 2.33. The third-order valence-electron chi connectivity index (χ3n) is 2.72. The molecule has 0 amide bonds. The van der Waals surface area contributed by atoms with Crippen molar-refractivity contribution >= 4 is 38.6 Å². The standard InChI is InChI=1S/C12H12BrN5S/c1-12(2,3)9-8(19-18-17-9)11-15-7-4-6(13)5-14-10(7)16-11/h4-5H,1-3H3,(H,14,15,16). The maximum atomic E-state index is 4.51. The lowest BCUT2D eigenvalue weighted by Gasteiger charge is -2.15. The van der Waals surface area contributed by atoms with Crippen molar-refractivity contribution < 1.29 is 0 Å². The number of aromatic amines is 1. The molecule has 0 aliphatic carbocycles. The molecule has 0 saturated carbocycles. The second kappa shape index (κ2) is 4.35. The van der Waals surface area contributed by atoms with E-state index in [4.69, 9.17) is 0 Å². The van der Waals surface area contributed by atoms with Gasteiger partial charge in [-0.2, -0.15) is 0 Å². The lowest BCUT2D eigenvalue weighted by molar-refractivity contribution is 0.568. The van der Waals surface area contributed by atoms with Gasteiger partial charge in [-0.1, -0.05) is 25.3 Å². The van der Waals surface area contributed by atoms with Gasteiger partial charge in [0.05, 0.1) is 11.2 Å². The number of pyridine rings is 1. The maximum absolute atomic E-state index is 4.51. The minimum atomic E-state index is -0.0602. The zero-order chi connectivity index (χ0) is 13.6. The van der Waals surface area contributed by atoms with Crippen molar-refractivity contribution in [2.45, 2.75) is 26.2 Å². The van der Waals surface area contributed by atoms with E-state index in [1.807, 2.05) is 6.07 Å². The molecule has 0 bridgehead atoms. The molecule has 0 aromatic carbocycles. The Morgan fingerprint density at radius 1 is 1.32 bits per heavy atom. The molecule has 19 heavy (non-hydrogen) atoms. The molecule has 5 nitrogen and oxygen atoms in total. The van der Waals surface area contributed by atoms with Crippen LogP contribution in [0, 0.1) is 0 Å². The number of nitrogens with one attached hydrogen (secondary N) is 1. The molecule has 0 fully saturated rings. The van der Waals surface area contributed by atoms with Gasteiger partial charge in [0.1, 0.15) is 4.88 Å². The highest BCUT2D eigenvalue weighted by molar-refractivity contribution is 9.10. The molecule has 3 heterocycles. The Morgan fingerprint density at radius 3 is 2.84 bits per heavy atom. The number of halogens is 1. The van der Waals surface area contributed by atoms with Crippen molar-refractivity contribution in [2.24, 2.45) is 0 Å². The lowest BCUT2D eigenvalue weighted by atomic mass is 9.91. The van der Waals surface area contributed by atoms with Crippen molar-refractivity contribution in [2.75, 3.05) is 0 Å². The summed E-state index contributed by atoms with van der Waals surface area (Å²) in [5, 5.41) is 4.23. The summed E-state index contributed by atoms with van der Waals surface area (Å²) in [5.41, 5.74) is 2.50. The first kappa shape index (κ1) is 12.7. The van der Waals surface area contributed by atoms with E-state index in [0.29, 0.717) is 5.65 Å². The Balaban J connectivity index is 2.17. The van der Waals surface area contributed by atoms with Crippen molar-refractivity contribution in [3.05, 3.63) is 22.4 Å². The summed E-state index contributed by atoms with van der Waals surface area (Å²) in [4.78, 5) is 13.0. The Hall–Kier alpha value is -1.34. The van der Waals surface area contributed by atoms with Gasteiger partial charge in [0.2, 0.25) is 0 Å². The average molecular weight is 338 g/mol. The zero-order valence-corrected chi connectivity index (χ0v) is 13.1. The monoisotopic (exact) mass is 337 g/mol. The molecule has 7 heteroatoms. The summed E-state index contributed by atoms with van der Waals surface area (Å²) in [5.74, 6) is 0.778. The SMILES string of the molecule is CC(C)(C)c1nnsc1-c1nc2ncc(Br)cc2[nH]1. The van der Waals surface area contributed by atoms with Crippen LogP contribution in [0.1, 0.15) is 26.5 Å². The summed E-state index contributed by atoms with van der Waals surface area (Å²) >= 11 is 4.76. The van der Waals surface area contributed by atoms with Crippen molar-refractivity contribution in [1.29, 1.82) is 0 Å². The number of rotatable bonds is 1. The summed E-state index contributed by atoms with van der Waals surface area (Å²) in [6.07, 6.45) is 1.74. The number of fused-ring (bicyclic) bond motifs is 1. The number of nitrogens with zero attached hydrogens (tertiary/aromatic N) is 4. The molecule has 0 radical (unpaired) electrons. The van der Waals surface area contributed by atoms with Crippen LogP contribution < -0.4 is 0 Å². The van der Waals surface area contributed by atoms with E-state index in [9.17, 15) is 0 Å². The predicted octanol–water partition coefficient (Wildman–Crippen LogP) is 3.54. The molecule has 0 atom stereocenters. The van der Waals surface area contributed by atoms with Crippen LogP contribution in [0.4, 0.5) is 0 Å². The molecule has 3 aromatic heterocycles. The molecular weight excluding hydrogens is 326 g/mol. The second-order valence-corrected chi connectivity index (χ2v) is 6.98. The van der Waals surface area contributed by atoms with Crippen molar-refractivity contribution in [1.82, 2.24) is 24.5 Å². The van der Waals surface area contributed by atoms with Gasteiger partial charge < -0.3 is 4.98 Å². The van der Waals surface area contributed by atoms with Crippen LogP contribution in [0.25, 0.3) is 21.9 Å². The second-order valence-electron chi connectivity index (χ2n) is 5.31. The maximum Gasteiger partial charge on any atom is 0.178 e. The van der Waals surface area contributed by atoms with E-state index in [1.54, 1.807) is 6.20 Å². The van der Waals surface area contributed by atoms with Gasteiger partial charge in [0.25, 0.3) is 0 Å². The van der Waals surface area contributed by atoms with Crippen molar-refractivity contribution in [3.8, 4) is 10.7 Å². The van der Waals surface area contributed by atoms with Gasteiger partial charge in [0.15, 0.2) is 11.5 Å². The minimum absolute atomic E-state index is 0.0602. The van der Waals surface area contributed by atoms with E-state index >= 15 is 0 Å². The molecule has 98 valence electrons. The number of hydrogen-bond acceptors (Lipinski definition) is 5. The highest BCUT2D eigenvalue weighted by Gasteiger charge is 2.25. The van der Waals surface area contributed by atoms with Crippen molar-refractivity contribution in [3.63, 3.8) is 0 Å². The minimum Gasteiger partial charge on any atom is -0.336 e. The molecule has 3 rings (SSSR count). The van der Waals surface area contributed by atoms with Gasteiger partial charge in [-0.25, -0.2) is 9.97 Å². The van der Waals surface area contributed by atoms with Gasteiger partial charge in [-0.3, -0.25) is 0 Å². The highest BCUT2D eigenvalue weighted by atomic mass is 79.9. The van der Waals surface area contributed by atoms with Crippen LogP contribution in [0.5, 0.6) is 0 Å². The van der Waals surface area contributed by atoms with Gasteiger partial charge in [-0.05, 0) is 33.5 Å². The molecule has 0 saturated heterocycles. The Bertz CT molecular complexity index is 740. The fourth-order valence-corrected chi connectivity index (χ4v) is 2.97. The van der Waals surface area contributed by atoms with E-state index in [-0.39, 0.29) is 5.41 Å². The third-order valence-corrected chi connectivity index (χ3v) is 3.88. The quantitative estimate of drug-likeness (QED) is 0.737. The number of imidazole rings is 1. The first-order valence-corrected chi connectivity index (χ1v) is 7.36. The average Bonchev–Trinajstić information content (AvgIpc) is 2.92. The van der Waals surface area contributed by atoms with Crippen LogP contribution >= 0.6 is 27.5 Å². The fraction of sp³-hybridized carbons (Fsp3) is 0.333. The normalized spacial score (nSPS) is 12.2. The molecular formula is C12H12BrN5S. The van der Waals surface area contributed by atoms with E-state index in [0.717, 1.165) is 26.4 Å². The molecule has 0 spiro atoms. The predicted molar refractivity (Wildman–Crippen MR) is 79.2 cm³/mol. The summed E-state index contributed by atoms with van der Waals surface area (Å²) < 4.78 is 4.98. The Labute approximate surface area is 122 Å². The number of aromatic nitrogens is 5. The van der Waals surface area contributed by atoms with E-state index in [2.05, 4.69) is 61.2 Å². The van der Waals surface area contributed by atoms with Crippen LogP contribution in [0.2, 0.25) is 0 Å². The molecule has 0 unspecified atom stereocenters. The Morgan fingerprint density at radius 2 is 2.11 bits per heavy atom. The topological polar surface area (TPSA) is 67.3 Å². The largest absolute Gasteiger partial charge is 0.336 e. The summed E-state index contributed by atoms with van der Waals surface area (Å²) in [6, 6.07) is 1.96. The van der Waals surface area contributed by atoms with Crippen LogP contribution in [0.15, 0.2) is 16.7 Å². The van der Waals surface area contributed by atoms with Gasteiger partial charge >= 0.3 is 0 Å². The zero-order valence-electron chi connectivity index (χ0n) is 10.7. The van der Waals surface area contributed by atoms with Gasteiger partial charge in [-0.15, -0.1) is 5.10 Å². The molecule has 0 aliphatic heterocycles. The number of hydrogen-bond donors (Lipinski definition) is 1. The van der Waals surface area contributed by atoms with Crippen LogP contribution in [-0.4, -0.2) is 24.5 Å². The fourth-order valence-electron chi connectivity index (χ4n) is 1.82. The number of H-pyrrole nitrogens is 1. The molecule has 0 aliphatic rings. The third kappa shape index (κ3) is 2.28. The Kier molecular flexibility index (Phi) is 2.90. The first-order chi connectivity index (χ1) is 8.95. The van der Waals surface area contributed by atoms with Crippen LogP contribution in [-0.2, 0) is 5.41 Å². The molecule has 3 aromatic rings. The summed E-state index contributed by atoms with van der Waals surface area (Å²) in [6.45, 7) is 6.35. The smallest absolute Gasteiger partial charge is 0.178 e. The van der Waals surface area contributed by atoms with E-state index in [1.165, 1.54) is 11.5 Å². The molecule has 1 N–H and O–H groups in total. The van der Waals surface area contributed by atoms with E-state index < -0.39 is 0 Å². The first-order valence-electron chi connectivity index (χ1n) is 5.79. The lowest BCUT2D eigenvalue weighted by Crippen LogP contribution is -2.13. The van der Waals surface area contributed by atoms with Crippen LogP contribution in [0.3, 0.4) is 0 Å². The van der Waals surface area contributed by atoms with Gasteiger partial charge in [0, 0.05) is 16.1 Å².